The van der Waals surface area contributed by atoms with Crippen LogP contribution in [0.25, 0.3) is 0 Å². The van der Waals surface area contributed by atoms with Gasteiger partial charge in [0.1, 0.15) is 0 Å². The van der Waals surface area contributed by atoms with Gasteiger partial charge < -0.3 is 5.11 Å². The first-order valence-electron chi connectivity index (χ1n) is 4.61. The van der Waals surface area contributed by atoms with Gasteiger partial charge in [0, 0.05) is 11.6 Å². The van der Waals surface area contributed by atoms with Crippen molar-refractivity contribution < 1.29 is 5.11 Å². The molecule has 1 unspecified atom stereocenters. The van der Waals surface area contributed by atoms with Crippen LogP contribution in [0.3, 0.4) is 0 Å². The molecule has 0 bridgehead atoms. The predicted molar refractivity (Wildman–Crippen MR) is 52.6 cm³/mol. The van der Waals surface area contributed by atoms with Crippen molar-refractivity contribution in [3.63, 3.8) is 0 Å². The van der Waals surface area contributed by atoms with Gasteiger partial charge >= 0.3 is 0 Å². The Hall–Kier alpha value is -0.830. The van der Waals surface area contributed by atoms with Crippen molar-refractivity contribution in [3.05, 3.63) is 18.0 Å². The second-order valence-corrected chi connectivity index (χ2v) is 4.52. The van der Waals surface area contributed by atoms with Gasteiger partial charge in [0.15, 0.2) is 0 Å². The van der Waals surface area contributed by atoms with E-state index in [1.54, 1.807) is 11.6 Å². The molecule has 13 heavy (non-hydrogen) atoms. The largest absolute Gasteiger partial charge is 0.391 e. The van der Waals surface area contributed by atoms with Crippen molar-refractivity contribution in [1.29, 1.82) is 0 Å². The Morgan fingerprint density at radius 1 is 1.54 bits per heavy atom. The molecule has 1 aromatic rings. The molecule has 0 aliphatic heterocycles. The minimum atomic E-state index is -0.340. The molecule has 0 radical (unpaired) electrons. The molecule has 0 amide bonds. The first-order chi connectivity index (χ1) is 5.89. The lowest BCUT2D eigenvalue weighted by molar-refractivity contribution is 0.168. The van der Waals surface area contributed by atoms with E-state index in [1.807, 2.05) is 12.3 Å². The number of aromatic nitrogens is 2. The minimum absolute atomic E-state index is 0.0872. The summed E-state index contributed by atoms with van der Waals surface area (Å²) >= 11 is 0. The first-order valence-corrected chi connectivity index (χ1v) is 4.61. The average Bonchev–Trinajstić information content (AvgIpc) is 2.32. The van der Waals surface area contributed by atoms with Gasteiger partial charge in [0.2, 0.25) is 0 Å². The smallest absolute Gasteiger partial charge is 0.0708 e. The quantitative estimate of drug-likeness (QED) is 0.753. The molecule has 1 aromatic heterocycles. The molecule has 1 N–H and O–H groups in total. The molecule has 0 aromatic carbocycles. The number of hydrogen-bond acceptors (Lipinski definition) is 2. The summed E-state index contributed by atoms with van der Waals surface area (Å²) in [5, 5.41) is 13.5. The third-order valence-corrected chi connectivity index (χ3v) is 1.86. The maximum absolute atomic E-state index is 9.16. The highest BCUT2D eigenvalue weighted by Crippen LogP contribution is 2.19. The van der Waals surface area contributed by atoms with Crippen LogP contribution in [-0.4, -0.2) is 21.0 Å². The molecule has 0 saturated heterocycles. The predicted octanol–water partition coefficient (Wildman–Crippen LogP) is 1.56. The fourth-order valence-corrected chi connectivity index (χ4v) is 1.13. The Labute approximate surface area is 79.4 Å². The molecule has 0 spiro atoms. The SMILES string of the molecule is CC(O)Cn1ccc(C(C)(C)C)n1. The third kappa shape index (κ3) is 2.84. The minimum Gasteiger partial charge on any atom is -0.391 e. The summed E-state index contributed by atoms with van der Waals surface area (Å²) in [5.41, 5.74) is 1.15. The summed E-state index contributed by atoms with van der Waals surface area (Å²) in [5.74, 6) is 0. The van der Waals surface area contributed by atoms with E-state index in [9.17, 15) is 0 Å². The highest BCUT2D eigenvalue weighted by Gasteiger charge is 2.16. The second kappa shape index (κ2) is 3.50. The summed E-state index contributed by atoms with van der Waals surface area (Å²) < 4.78 is 1.78. The van der Waals surface area contributed by atoms with Crippen LogP contribution in [-0.2, 0) is 12.0 Å². The summed E-state index contributed by atoms with van der Waals surface area (Å²) in [6.45, 7) is 8.71. The molecule has 0 fully saturated rings. The molecule has 3 nitrogen and oxygen atoms in total. The van der Waals surface area contributed by atoms with Crippen LogP contribution in [0.2, 0.25) is 0 Å². The zero-order valence-corrected chi connectivity index (χ0v) is 8.78. The maximum Gasteiger partial charge on any atom is 0.0708 e. The number of aliphatic hydroxyl groups is 1. The standard InChI is InChI=1S/C10H18N2O/c1-8(13)7-12-6-5-9(11-12)10(2,3)4/h5-6,8,13H,7H2,1-4H3. The second-order valence-electron chi connectivity index (χ2n) is 4.52. The Kier molecular flexibility index (Phi) is 2.76. The van der Waals surface area contributed by atoms with Crippen LogP contribution in [0.5, 0.6) is 0 Å². The Bertz CT molecular complexity index is 271. The van der Waals surface area contributed by atoms with Gasteiger partial charge in [-0.1, -0.05) is 20.8 Å². The van der Waals surface area contributed by atoms with E-state index < -0.39 is 0 Å². The topological polar surface area (TPSA) is 38.0 Å². The zero-order valence-electron chi connectivity index (χ0n) is 8.78. The monoisotopic (exact) mass is 182 g/mol. The summed E-state index contributed by atoms with van der Waals surface area (Å²) in [4.78, 5) is 0. The van der Waals surface area contributed by atoms with Crippen LogP contribution in [0.1, 0.15) is 33.4 Å². The van der Waals surface area contributed by atoms with Crippen molar-refractivity contribution in [2.24, 2.45) is 0 Å². The maximum atomic E-state index is 9.16. The van der Waals surface area contributed by atoms with Gasteiger partial charge in [0.25, 0.3) is 0 Å². The molecule has 1 heterocycles. The Morgan fingerprint density at radius 2 is 2.15 bits per heavy atom. The molecule has 0 aliphatic carbocycles. The van der Waals surface area contributed by atoms with Crippen molar-refractivity contribution in [2.75, 3.05) is 0 Å². The van der Waals surface area contributed by atoms with Crippen molar-refractivity contribution in [1.82, 2.24) is 9.78 Å². The van der Waals surface area contributed by atoms with E-state index in [0.29, 0.717) is 6.54 Å². The number of aliphatic hydroxyl groups excluding tert-OH is 1. The van der Waals surface area contributed by atoms with Crippen molar-refractivity contribution in [2.45, 2.75) is 45.8 Å². The number of hydrogen-bond donors (Lipinski definition) is 1. The fraction of sp³-hybridized carbons (Fsp3) is 0.700. The summed E-state index contributed by atoms with van der Waals surface area (Å²) in [6, 6.07) is 2.00. The van der Waals surface area contributed by atoms with E-state index in [1.165, 1.54) is 0 Å². The van der Waals surface area contributed by atoms with Crippen LogP contribution in [0.4, 0.5) is 0 Å². The van der Waals surface area contributed by atoms with Gasteiger partial charge in [-0.05, 0) is 13.0 Å². The van der Waals surface area contributed by atoms with E-state index in [-0.39, 0.29) is 11.5 Å². The van der Waals surface area contributed by atoms with Gasteiger partial charge in [-0.15, -0.1) is 0 Å². The highest BCUT2D eigenvalue weighted by molar-refractivity contribution is 5.10. The average molecular weight is 182 g/mol. The van der Waals surface area contributed by atoms with Crippen LogP contribution < -0.4 is 0 Å². The third-order valence-electron chi connectivity index (χ3n) is 1.86. The van der Waals surface area contributed by atoms with E-state index in [0.717, 1.165) is 5.69 Å². The lowest BCUT2D eigenvalue weighted by atomic mass is 9.93. The van der Waals surface area contributed by atoms with Crippen molar-refractivity contribution in [3.8, 4) is 0 Å². The zero-order chi connectivity index (χ0) is 10.1. The molecule has 3 heteroatoms. The molecular weight excluding hydrogens is 164 g/mol. The molecule has 74 valence electrons. The Balaban J connectivity index is 2.75. The normalized spacial score (nSPS) is 14.5. The van der Waals surface area contributed by atoms with Crippen LogP contribution >= 0.6 is 0 Å². The van der Waals surface area contributed by atoms with Gasteiger partial charge in [-0.25, -0.2) is 0 Å². The first kappa shape index (κ1) is 10.3. The van der Waals surface area contributed by atoms with E-state index >= 15 is 0 Å². The summed E-state index contributed by atoms with van der Waals surface area (Å²) in [7, 11) is 0. The van der Waals surface area contributed by atoms with Gasteiger partial charge in [-0.3, -0.25) is 4.68 Å². The molecule has 0 saturated carbocycles. The molecule has 1 rings (SSSR count). The summed E-state index contributed by atoms with van der Waals surface area (Å²) in [6.07, 6.45) is 1.57. The van der Waals surface area contributed by atoms with E-state index in [4.69, 9.17) is 5.11 Å². The highest BCUT2D eigenvalue weighted by atomic mass is 16.3. The van der Waals surface area contributed by atoms with Gasteiger partial charge in [-0.2, -0.15) is 5.10 Å². The van der Waals surface area contributed by atoms with Crippen LogP contribution in [0.15, 0.2) is 12.3 Å². The number of rotatable bonds is 2. The van der Waals surface area contributed by atoms with Gasteiger partial charge in [0.05, 0.1) is 18.3 Å². The number of nitrogens with zero attached hydrogens (tertiary/aromatic N) is 2. The molecule has 0 aliphatic rings. The Morgan fingerprint density at radius 3 is 2.54 bits per heavy atom. The molecular formula is C10H18N2O. The van der Waals surface area contributed by atoms with Crippen molar-refractivity contribution >= 4 is 0 Å². The lowest BCUT2D eigenvalue weighted by Crippen LogP contribution is -2.16. The van der Waals surface area contributed by atoms with E-state index in [2.05, 4.69) is 25.9 Å². The van der Waals surface area contributed by atoms with Crippen LogP contribution in [0, 0.1) is 0 Å². The lowest BCUT2D eigenvalue weighted by Gasteiger charge is -2.14. The fourth-order valence-electron chi connectivity index (χ4n) is 1.13. The molecule has 1 atom stereocenters.